The molecule has 0 spiro atoms. The van der Waals surface area contributed by atoms with Crippen LogP contribution in [0.15, 0.2) is 34.9 Å². The summed E-state index contributed by atoms with van der Waals surface area (Å²) in [5.41, 5.74) is 4.20. The number of ether oxygens (including phenoxy) is 3. The number of halogens is 1. The molecule has 0 amide bonds. The van der Waals surface area contributed by atoms with Crippen LogP contribution in [0.3, 0.4) is 0 Å². The van der Waals surface area contributed by atoms with Crippen LogP contribution in [0.2, 0.25) is 0 Å². The number of likely N-dealkylation sites (tertiary alicyclic amines) is 1. The molecule has 3 aliphatic rings. The highest BCUT2D eigenvalue weighted by Crippen LogP contribution is 2.42. The minimum absolute atomic E-state index is 0.475. The molecule has 3 aromatic rings. The average Bonchev–Trinajstić information content (AvgIpc) is 3.54. The third-order valence-electron chi connectivity index (χ3n) is 9.14. The summed E-state index contributed by atoms with van der Waals surface area (Å²) in [4.78, 5) is 17.0. The summed E-state index contributed by atoms with van der Waals surface area (Å²) >= 11 is 3.64. The van der Waals surface area contributed by atoms with Crippen molar-refractivity contribution in [1.82, 2.24) is 19.8 Å². The highest BCUT2D eigenvalue weighted by Gasteiger charge is 2.32. The molecule has 12 heteroatoms. The number of aromatic nitrogens is 2. The van der Waals surface area contributed by atoms with E-state index in [1.165, 1.54) is 43.6 Å². The number of aryl methyl sites for hydroxylation is 1. The fourth-order valence-corrected chi connectivity index (χ4v) is 8.17. The number of fused-ring (bicyclic) bond motifs is 1. The fourth-order valence-electron chi connectivity index (χ4n) is 6.69. The van der Waals surface area contributed by atoms with Crippen molar-refractivity contribution in [1.29, 1.82) is 0 Å². The van der Waals surface area contributed by atoms with Crippen LogP contribution >= 0.6 is 23.9 Å². The van der Waals surface area contributed by atoms with E-state index in [-0.39, 0.29) is 0 Å². The van der Waals surface area contributed by atoms with Crippen LogP contribution in [0.4, 0.5) is 28.8 Å². The van der Waals surface area contributed by atoms with Crippen LogP contribution in [-0.2, 0) is 0 Å². The first-order valence-electron chi connectivity index (χ1n) is 15.7. The van der Waals surface area contributed by atoms with Crippen molar-refractivity contribution in [2.45, 2.75) is 38.3 Å². The molecule has 242 valence electrons. The lowest BCUT2D eigenvalue weighted by atomic mass is 10.0. The molecule has 2 N–H and O–H groups in total. The zero-order chi connectivity index (χ0) is 31.7. The molecule has 45 heavy (non-hydrogen) atoms. The Hall–Kier alpha value is -2.85. The molecule has 2 fully saturated rings. The fraction of sp³-hybridized carbons (Fsp3) is 0.515. The van der Waals surface area contributed by atoms with E-state index in [2.05, 4.69) is 92.7 Å². The predicted octanol–water partition coefficient (Wildman–Crippen LogP) is 5.79. The van der Waals surface area contributed by atoms with E-state index in [1.807, 2.05) is 12.1 Å². The van der Waals surface area contributed by atoms with Gasteiger partial charge in [-0.15, -0.1) is 0 Å². The number of anilines is 5. The standard InChI is InChI=1S/C33H45BrN7O3P/c1-21-17-26(29(42-4)18-27(21)40-12-9-22(10-13-40)41-14-11-23(20-41)39(2)3)37-33-35-19-24(34)32(38-33)36-25-7-8-28-30(31(25)45(5)6)44-16-15-43-28/h7-8,17-19,22-23H,9-16,20H2,1-6H3,(H2,35,36,37,38)/t23-/m0/s1. The Balaban J connectivity index is 1.17. The first-order chi connectivity index (χ1) is 21.7. The van der Waals surface area contributed by atoms with E-state index >= 15 is 0 Å². The number of benzene rings is 2. The molecule has 3 aliphatic heterocycles. The van der Waals surface area contributed by atoms with Crippen LogP contribution in [0.25, 0.3) is 0 Å². The second kappa shape index (κ2) is 13.9. The quantitative estimate of drug-likeness (QED) is 0.268. The smallest absolute Gasteiger partial charge is 0.229 e. The van der Waals surface area contributed by atoms with Crippen molar-refractivity contribution < 1.29 is 14.2 Å². The van der Waals surface area contributed by atoms with Gasteiger partial charge in [0.05, 0.1) is 23.0 Å². The molecule has 0 unspecified atom stereocenters. The second-order valence-electron chi connectivity index (χ2n) is 12.5. The Labute approximate surface area is 276 Å². The maximum Gasteiger partial charge on any atom is 0.229 e. The van der Waals surface area contributed by atoms with Gasteiger partial charge in [0.25, 0.3) is 0 Å². The van der Waals surface area contributed by atoms with Gasteiger partial charge >= 0.3 is 0 Å². The number of rotatable bonds is 9. The lowest BCUT2D eigenvalue weighted by Crippen LogP contribution is -2.45. The normalized spacial score (nSPS) is 19.0. The summed E-state index contributed by atoms with van der Waals surface area (Å²) in [6.07, 6.45) is 5.41. The van der Waals surface area contributed by atoms with Crippen molar-refractivity contribution in [3.63, 3.8) is 0 Å². The van der Waals surface area contributed by atoms with Gasteiger partial charge in [0.2, 0.25) is 5.95 Å². The summed E-state index contributed by atoms with van der Waals surface area (Å²) in [5, 5.41) is 8.06. The number of nitrogens with zero attached hydrogens (tertiary/aromatic N) is 5. The Morgan fingerprint density at radius 2 is 1.80 bits per heavy atom. The van der Waals surface area contributed by atoms with Crippen molar-refractivity contribution in [2.24, 2.45) is 0 Å². The summed E-state index contributed by atoms with van der Waals surface area (Å²) in [6.45, 7) is 12.2. The van der Waals surface area contributed by atoms with E-state index in [4.69, 9.17) is 19.2 Å². The largest absolute Gasteiger partial charge is 0.494 e. The lowest BCUT2D eigenvalue weighted by Gasteiger charge is -2.38. The van der Waals surface area contributed by atoms with Crippen LogP contribution in [0, 0.1) is 6.92 Å². The van der Waals surface area contributed by atoms with Gasteiger partial charge in [-0.25, -0.2) is 4.98 Å². The van der Waals surface area contributed by atoms with E-state index in [9.17, 15) is 0 Å². The van der Waals surface area contributed by atoms with E-state index < -0.39 is 7.92 Å². The molecule has 1 aromatic heterocycles. The average molecular weight is 699 g/mol. The maximum absolute atomic E-state index is 6.03. The van der Waals surface area contributed by atoms with Gasteiger partial charge in [-0.3, -0.25) is 4.90 Å². The molecule has 2 saturated heterocycles. The highest BCUT2D eigenvalue weighted by molar-refractivity contribution is 9.10. The Kier molecular flexibility index (Phi) is 9.90. The summed E-state index contributed by atoms with van der Waals surface area (Å²) < 4.78 is 18.5. The molecule has 0 aliphatic carbocycles. The van der Waals surface area contributed by atoms with E-state index in [0.29, 0.717) is 37.1 Å². The van der Waals surface area contributed by atoms with Crippen molar-refractivity contribution in [3.05, 3.63) is 40.5 Å². The minimum atomic E-state index is -0.479. The van der Waals surface area contributed by atoms with Crippen LogP contribution in [0.5, 0.6) is 17.2 Å². The predicted molar refractivity (Wildman–Crippen MR) is 189 cm³/mol. The minimum Gasteiger partial charge on any atom is -0.494 e. The van der Waals surface area contributed by atoms with Gasteiger partial charge in [-0.1, -0.05) is 7.92 Å². The Morgan fingerprint density at radius 3 is 2.51 bits per heavy atom. The van der Waals surface area contributed by atoms with Gasteiger partial charge < -0.3 is 34.6 Å². The zero-order valence-electron chi connectivity index (χ0n) is 27.2. The number of methoxy groups -OCH3 is 1. The Morgan fingerprint density at radius 1 is 1.02 bits per heavy atom. The van der Waals surface area contributed by atoms with Gasteiger partial charge in [-0.2, -0.15) is 4.98 Å². The molecular formula is C33H45BrN7O3P. The van der Waals surface area contributed by atoms with Crippen LogP contribution in [-0.4, -0.2) is 106 Å². The van der Waals surface area contributed by atoms with Crippen LogP contribution in [0.1, 0.15) is 24.8 Å². The van der Waals surface area contributed by atoms with Crippen LogP contribution < -0.4 is 35.0 Å². The van der Waals surface area contributed by atoms with E-state index in [0.717, 1.165) is 51.5 Å². The molecule has 6 rings (SSSR count). The van der Waals surface area contributed by atoms with E-state index in [1.54, 1.807) is 13.3 Å². The highest BCUT2D eigenvalue weighted by atomic mass is 79.9. The van der Waals surface area contributed by atoms with Gasteiger partial charge in [-0.05, 0) is 93.3 Å². The van der Waals surface area contributed by atoms with Gasteiger partial charge in [0.15, 0.2) is 11.5 Å². The second-order valence-corrected chi connectivity index (χ2v) is 15.6. The monoisotopic (exact) mass is 697 g/mol. The Bertz CT molecular complexity index is 1520. The molecule has 10 nitrogen and oxygen atoms in total. The van der Waals surface area contributed by atoms with Crippen molar-refractivity contribution in [2.75, 3.05) is 89.5 Å². The summed E-state index contributed by atoms with van der Waals surface area (Å²) in [7, 11) is 5.64. The summed E-state index contributed by atoms with van der Waals surface area (Å²) in [6, 6.07) is 9.64. The van der Waals surface area contributed by atoms with Crippen molar-refractivity contribution in [3.8, 4) is 17.2 Å². The molecular weight excluding hydrogens is 653 g/mol. The van der Waals surface area contributed by atoms with Gasteiger partial charge in [0.1, 0.15) is 24.8 Å². The third kappa shape index (κ3) is 6.97. The summed E-state index contributed by atoms with van der Waals surface area (Å²) in [5.74, 6) is 3.52. The van der Waals surface area contributed by atoms with Gasteiger partial charge in [0, 0.05) is 61.5 Å². The number of nitrogens with one attached hydrogen (secondary N) is 2. The maximum atomic E-state index is 6.03. The first kappa shape index (κ1) is 32.1. The number of hydrogen-bond acceptors (Lipinski definition) is 10. The molecule has 2 aromatic carbocycles. The molecule has 0 bridgehead atoms. The third-order valence-corrected chi connectivity index (χ3v) is 11.1. The molecule has 1 atom stereocenters. The molecule has 0 saturated carbocycles. The number of hydrogen-bond donors (Lipinski definition) is 2. The SMILES string of the molecule is COc1cc(N2CCC(N3CC[C@H](N(C)C)C3)CC2)c(C)cc1Nc1ncc(Br)c(Nc2ccc3c(c2P(C)C)OCCO3)n1. The number of likely N-dealkylation sites (N-methyl/N-ethyl adjacent to an activating group) is 1. The first-order valence-corrected chi connectivity index (χ1v) is 18.7. The number of piperidine rings is 1. The molecule has 0 radical (unpaired) electrons. The van der Waals surface area contributed by atoms with Crippen molar-refractivity contribution >= 4 is 58.0 Å². The topological polar surface area (TPSA) is 87.3 Å². The lowest BCUT2D eigenvalue weighted by molar-refractivity contribution is 0.173. The zero-order valence-corrected chi connectivity index (χ0v) is 29.7. The molecule has 4 heterocycles.